The van der Waals surface area contributed by atoms with Gasteiger partial charge < -0.3 is 10.6 Å². The Labute approximate surface area is 105 Å². The van der Waals surface area contributed by atoms with Crippen LogP contribution in [0.2, 0.25) is 0 Å². The van der Waals surface area contributed by atoms with Crippen LogP contribution in [-0.2, 0) is 0 Å². The number of nitrogens with zero attached hydrogens (tertiary/aromatic N) is 1. The van der Waals surface area contributed by atoms with E-state index >= 15 is 0 Å². The van der Waals surface area contributed by atoms with Crippen LogP contribution in [0.25, 0.3) is 0 Å². The maximum Gasteiger partial charge on any atom is 0.0937 e. The second kappa shape index (κ2) is 5.38. The predicted octanol–water partition coefficient (Wildman–Crippen LogP) is 2.46. The first-order valence-electron chi connectivity index (χ1n) is 7.14. The summed E-state index contributed by atoms with van der Waals surface area (Å²) in [5.74, 6) is 2.52. The van der Waals surface area contributed by atoms with Crippen LogP contribution in [0.5, 0.6) is 0 Å². The first-order valence-corrected chi connectivity index (χ1v) is 7.14. The molecular formula is C14H27N3. The molecule has 1 saturated carbocycles. The maximum absolute atomic E-state index is 7.52. The largest absolute Gasteiger partial charge is 0.387 e. The number of piperidine rings is 1. The van der Waals surface area contributed by atoms with Gasteiger partial charge in [0, 0.05) is 12.0 Å². The first kappa shape index (κ1) is 12.9. The van der Waals surface area contributed by atoms with Crippen LogP contribution in [0, 0.1) is 23.2 Å². The summed E-state index contributed by atoms with van der Waals surface area (Å²) >= 11 is 0. The summed E-state index contributed by atoms with van der Waals surface area (Å²) in [5, 5.41) is 7.52. The number of amidine groups is 1. The second-order valence-corrected chi connectivity index (χ2v) is 6.34. The molecule has 3 nitrogen and oxygen atoms in total. The smallest absolute Gasteiger partial charge is 0.0937 e. The zero-order chi connectivity index (χ0) is 12.4. The zero-order valence-corrected chi connectivity index (χ0v) is 11.3. The van der Waals surface area contributed by atoms with E-state index in [2.05, 4.69) is 18.7 Å². The van der Waals surface area contributed by atoms with E-state index in [1.165, 1.54) is 19.3 Å². The Bertz CT molecular complexity index is 259. The molecular weight excluding hydrogens is 210 g/mol. The highest BCUT2D eigenvalue weighted by molar-refractivity contribution is 5.79. The van der Waals surface area contributed by atoms with Crippen molar-refractivity contribution in [2.45, 2.75) is 52.0 Å². The molecule has 0 spiro atoms. The Morgan fingerprint density at radius 3 is 2.06 bits per heavy atom. The Morgan fingerprint density at radius 2 is 1.59 bits per heavy atom. The van der Waals surface area contributed by atoms with Gasteiger partial charge in [0.2, 0.25) is 0 Å². The van der Waals surface area contributed by atoms with Crippen LogP contribution in [-0.4, -0.2) is 29.9 Å². The quantitative estimate of drug-likeness (QED) is 0.572. The summed E-state index contributed by atoms with van der Waals surface area (Å²) in [6.45, 7) is 7.08. The summed E-state index contributed by atoms with van der Waals surface area (Å²) in [7, 11) is 0. The Balaban J connectivity index is 1.85. The molecule has 3 heteroatoms. The van der Waals surface area contributed by atoms with Crippen molar-refractivity contribution in [3.63, 3.8) is 0 Å². The van der Waals surface area contributed by atoms with Crippen molar-refractivity contribution in [1.29, 1.82) is 5.41 Å². The summed E-state index contributed by atoms with van der Waals surface area (Å²) in [5.41, 5.74) is 5.60. The number of likely N-dealkylation sites (tertiary alicyclic amines) is 1. The minimum absolute atomic E-state index is 0.352. The van der Waals surface area contributed by atoms with Gasteiger partial charge in [0.25, 0.3) is 0 Å². The molecule has 0 aromatic heterocycles. The molecule has 2 rings (SSSR count). The topological polar surface area (TPSA) is 53.1 Å². The fraction of sp³-hybridized carbons (Fsp3) is 0.929. The van der Waals surface area contributed by atoms with Gasteiger partial charge in [-0.25, -0.2) is 0 Å². The van der Waals surface area contributed by atoms with E-state index < -0.39 is 0 Å². The van der Waals surface area contributed by atoms with Crippen molar-refractivity contribution in [1.82, 2.24) is 4.90 Å². The number of rotatable bonds is 2. The summed E-state index contributed by atoms with van der Waals surface area (Å²) in [4.78, 5) is 2.66. The Hall–Kier alpha value is -0.570. The van der Waals surface area contributed by atoms with Crippen LogP contribution < -0.4 is 5.73 Å². The highest BCUT2D eigenvalue weighted by Crippen LogP contribution is 2.33. The van der Waals surface area contributed by atoms with E-state index in [0.717, 1.165) is 43.8 Å². The van der Waals surface area contributed by atoms with E-state index in [4.69, 9.17) is 11.1 Å². The Kier molecular flexibility index (Phi) is 4.08. The molecule has 0 radical (unpaired) electrons. The highest BCUT2D eigenvalue weighted by atomic mass is 15.2. The molecule has 1 heterocycles. The number of hydrogen-bond donors (Lipinski definition) is 2. The fourth-order valence-corrected chi connectivity index (χ4v) is 3.78. The molecule has 2 fully saturated rings. The minimum Gasteiger partial charge on any atom is -0.387 e. The number of hydrogen-bond acceptors (Lipinski definition) is 2. The van der Waals surface area contributed by atoms with Crippen LogP contribution in [0.1, 0.15) is 46.0 Å². The molecule has 0 amide bonds. The van der Waals surface area contributed by atoms with Crippen LogP contribution >= 0.6 is 0 Å². The molecule has 1 aliphatic carbocycles. The molecule has 2 aliphatic rings. The summed E-state index contributed by atoms with van der Waals surface area (Å²) < 4.78 is 0. The van der Waals surface area contributed by atoms with E-state index in [1.54, 1.807) is 0 Å². The molecule has 0 aromatic rings. The molecule has 1 saturated heterocycles. The van der Waals surface area contributed by atoms with Gasteiger partial charge in [-0.15, -0.1) is 0 Å². The monoisotopic (exact) mass is 237 g/mol. The van der Waals surface area contributed by atoms with E-state index in [1.807, 2.05) is 0 Å². The second-order valence-electron chi connectivity index (χ2n) is 6.34. The third kappa shape index (κ3) is 3.21. The SMILES string of the molecule is CC1CC(C)CC(N2CCC(C(=N)N)CC2)C1. The van der Waals surface area contributed by atoms with E-state index in [9.17, 15) is 0 Å². The molecule has 17 heavy (non-hydrogen) atoms. The molecule has 0 aromatic carbocycles. The third-order valence-electron chi connectivity index (χ3n) is 4.64. The van der Waals surface area contributed by atoms with Gasteiger partial charge in [-0.2, -0.15) is 0 Å². The summed E-state index contributed by atoms with van der Waals surface area (Å²) in [6, 6.07) is 0.793. The lowest BCUT2D eigenvalue weighted by Gasteiger charge is -2.42. The number of nitrogens with one attached hydrogen (secondary N) is 1. The van der Waals surface area contributed by atoms with E-state index in [0.29, 0.717) is 11.8 Å². The molecule has 1 aliphatic heterocycles. The van der Waals surface area contributed by atoms with Crippen LogP contribution in [0.15, 0.2) is 0 Å². The minimum atomic E-state index is 0.352. The lowest BCUT2D eigenvalue weighted by molar-refractivity contribution is 0.0845. The average molecular weight is 237 g/mol. The molecule has 0 bridgehead atoms. The Morgan fingerprint density at radius 1 is 1.06 bits per heavy atom. The maximum atomic E-state index is 7.52. The normalized spacial score (nSPS) is 36.9. The predicted molar refractivity (Wildman–Crippen MR) is 72.2 cm³/mol. The average Bonchev–Trinajstić information content (AvgIpc) is 2.28. The van der Waals surface area contributed by atoms with Gasteiger partial charge in [-0.1, -0.05) is 13.8 Å². The van der Waals surface area contributed by atoms with Gasteiger partial charge in [0.05, 0.1) is 5.84 Å². The molecule has 98 valence electrons. The van der Waals surface area contributed by atoms with Crippen molar-refractivity contribution in [2.75, 3.05) is 13.1 Å². The molecule has 3 N–H and O–H groups in total. The van der Waals surface area contributed by atoms with Crippen LogP contribution in [0.3, 0.4) is 0 Å². The highest BCUT2D eigenvalue weighted by Gasteiger charge is 2.31. The van der Waals surface area contributed by atoms with Crippen molar-refractivity contribution < 1.29 is 0 Å². The van der Waals surface area contributed by atoms with Gasteiger partial charge in [0.1, 0.15) is 0 Å². The fourth-order valence-electron chi connectivity index (χ4n) is 3.78. The van der Waals surface area contributed by atoms with Gasteiger partial charge in [-0.05, 0) is 57.0 Å². The zero-order valence-electron chi connectivity index (χ0n) is 11.3. The summed E-state index contributed by atoms with van der Waals surface area (Å²) in [6.07, 6.45) is 6.33. The van der Waals surface area contributed by atoms with Crippen molar-refractivity contribution in [2.24, 2.45) is 23.5 Å². The third-order valence-corrected chi connectivity index (χ3v) is 4.64. The standard InChI is InChI=1S/C14H27N3/c1-10-7-11(2)9-13(8-10)17-5-3-12(4-6-17)14(15)16/h10-13H,3-9H2,1-2H3,(H3,15,16). The van der Waals surface area contributed by atoms with Gasteiger partial charge in [-0.3, -0.25) is 5.41 Å². The van der Waals surface area contributed by atoms with Crippen LogP contribution in [0.4, 0.5) is 0 Å². The lowest BCUT2D eigenvalue weighted by Crippen LogP contribution is -2.46. The number of nitrogens with two attached hydrogens (primary N) is 1. The van der Waals surface area contributed by atoms with Crippen molar-refractivity contribution >= 4 is 5.84 Å². The van der Waals surface area contributed by atoms with Gasteiger partial charge >= 0.3 is 0 Å². The van der Waals surface area contributed by atoms with Crippen molar-refractivity contribution in [3.8, 4) is 0 Å². The molecule has 2 atom stereocenters. The molecule has 2 unspecified atom stereocenters. The van der Waals surface area contributed by atoms with Crippen molar-refractivity contribution in [3.05, 3.63) is 0 Å². The lowest BCUT2D eigenvalue weighted by atomic mass is 9.79. The van der Waals surface area contributed by atoms with Gasteiger partial charge in [0.15, 0.2) is 0 Å². The first-order chi connectivity index (χ1) is 8.06. The van der Waals surface area contributed by atoms with E-state index in [-0.39, 0.29) is 0 Å².